The fourth-order valence-corrected chi connectivity index (χ4v) is 5.29. The minimum absolute atomic E-state index is 0.0148. The molecule has 0 aliphatic carbocycles. The number of nitrogens with two attached hydrogens (primary N) is 1. The molecule has 216 valence electrons. The normalized spacial score (nSPS) is 17.8. The molecule has 5 rings (SSSR count). The number of hydrogen-bond acceptors (Lipinski definition) is 10. The zero-order valence-electron chi connectivity index (χ0n) is 23.4. The third-order valence-corrected chi connectivity index (χ3v) is 7.69. The van der Waals surface area contributed by atoms with E-state index in [9.17, 15) is 24.3 Å². The largest absolute Gasteiger partial charge is 0.463 e. The Morgan fingerprint density at radius 2 is 2.00 bits per heavy atom. The Hall–Kier alpha value is -4.29. The first-order chi connectivity index (χ1) is 19.5. The molecule has 41 heavy (non-hydrogen) atoms. The minimum atomic E-state index is -1.90. The second-order valence-corrected chi connectivity index (χ2v) is 10.3. The van der Waals surface area contributed by atoms with Crippen LogP contribution in [0.5, 0.6) is 5.75 Å². The van der Waals surface area contributed by atoms with Gasteiger partial charge in [-0.25, -0.2) is 14.6 Å². The predicted molar refractivity (Wildman–Crippen MR) is 147 cm³/mol. The van der Waals surface area contributed by atoms with E-state index in [-0.39, 0.29) is 49.4 Å². The number of fused-ring (bicyclic) bond motifs is 5. The van der Waals surface area contributed by atoms with Crippen molar-refractivity contribution < 1.29 is 33.7 Å². The van der Waals surface area contributed by atoms with Gasteiger partial charge >= 0.3 is 18.0 Å². The second kappa shape index (κ2) is 10.6. The summed E-state index contributed by atoms with van der Waals surface area (Å²) in [7, 11) is 1.53. The number of esters is 2. The summed E-state index contributed by atoms with van der Waals surface area (Å²) < 4.78 is 17.3. The summed E-state index contributed by atoms with van der Waals surface area (Å²) in [5, 5.41) is 11.9. The molecule has 2 aromatic heterocycles. The average Bonchev–Trinajstić information content (AvgIpc) is 3.32. The van der Waals surface area contributed by atoms with Crippen molar-refractivity contribution in [2.45, 2.75) is 58.4 Å². The van der Waals surface area contributed by atoms with Crippen molar-refractivity contribution in [2.24, 2.45) is 5.73 Å². The molecule has 0 saturated carbocycles. The summed E-state index contributed by atoms with van der Waals surface area (Å²) in [5.74, 6) is -1.01. The van der Waals surface area contributed by atoms with Crippen molar-refractivity contribution in [3.8, 4) is 17.1 Å². The fourth-order valence-electron chi connectivity index (χ4n) is 5.29. The van der Waals surface area contributed by atoms with E-state index in [4.69, 9.17) is 24.9 Å². The number of benzene rings is 1. The van der Waals surface area contributed by atoms with Crippen molar-refractivity contribution in [1.82, 2.24) is 14.5 Å². The molecule has 0 bridgehead atoms. The number of carbonyl (C=O) groups excluding carboxylic acids is 3. The second-order valence-electron chi connectivity index (χ2n) is 10.3. The van der Waals surface area contributed by atoms with Crippen molar-refractivity contribution >= 4 is 28.9 Å². The van der Waals surface area contributed by atoms with Crippen LogP contribution < -0.4 is 16.0 Å². The number of cyclic esters (lactones) is 1. The van der Waals surface area contributed by atoms with Crippen molar-refractivity contribution in [3.63, 3.8) is 0 Å². The van der Waals surface area contributed by atoms with Gasteiger partial charge in [-0.1, -0.05) is 13.8 Å². The highest BCUT2D eigenvalue weighted by molar-refractivity contribution is 5.90. The molecule has 0 saturated heterocycles. The summed E-state index contributed by atoms with van der Waals surface area (Å²) in [6.45, 7) is 5.36. The summed E-state index contributed by atoms with van der Waals surface area (Å²) in [6, 6.07) is 6.04. The summed E-state index contributed by atoms with van der Waals surface area (Å²) in [6.07, 6.45) is 0.0550. The summed E-state index contributed by atoms with van der Waals surface area (Å²) in [4.78, 5) is 56.2. The topological polar surface area (TPSA) is 163 Å². The molecular formula is C29H32N4O8. The van der Waals surface area contributed by atoms with E-state index in [1.807, 2.05) is 6.92 Å². The first-order valence-corrected chi connectivity index (χ1v) is 13.5. The van der Waals surface area contributed by atoms with E-state index < -0.39 is 29.7 Å². The molecule has 12 nitrogen and oxygen atoms in total. The number of carbonyl (C=O) groups is 3. The van der Waals surface area contributed by atoms with Gasteiger partial charge in [0.05, 0.1) is 35.6 Å². The zero-order valence-corrected chi connectivity index (χ0v) is 23.4. The number of ether oxygens (including phenoxy) is 3. The molecule has 1 aromatic carbocycles. The molecule has 3 N–H and O–H groups in total. The SMILES string of the molecule is CCc1c2c(nc3ccc(OC(=O)N(C)CCOC(=O)[C@H](C)N)cc13)-c1cc3c(c(=O)n1C2)COC(=O)C3(O)CC. The van der Waals surface area contributed by atoms with Gasteiger partial charge in [-0.05, 0) is 49.6 Å². The number of aryl methyl sites for hydroxylation is 1. The first-order valence-electron chi connectivity index (χ1n) is 13.5. The van der Waals surface area contributed by atoms with E-state index in [0.29, 0.717) is 29.1 Å². The Kier molecular flexibility index (Phi) is 7.30. The van der Waals surface area contributed by atoms with Gasteiger partial charge in [0, 0.05) is 23.6 Å². The van der Waals surface area contributed by atoms with Gasteiger partial charge in [-0.3, -0.25) is 9.59 Å². The molecule has 0 radical (unpaired) electrons. The lowest BCUT2D eigenvalue weighted by Crippen LogP contribution is -2.44. The first kappa shape index (κ1) is 28.2. The lowest BCUT2D eigenvalue weighted by molar-refractivity contribution is -0.172. The third-order valence-electron chi connectivity index (χ3n) is 7.69. The van der Waals surface area contributed by atoms with Gasteiger partial charge in [-0.15, -0.1) is 0 Å². The maximum Gasteiger partial charge on any atom is 0.415 e. The Morgan fingerprint density at radius 3 is 2.68 bits per heavy atom. The Morgan fingerprint density at radius 1 is 1.24 bits per heavy atom. The van der Waals surface area contributed by atoms with Crippen LogP contribution in [0.25, 0.3) is 22.3 Å². The zero-order chi connectivity index (χ0) is 29.6. The Balaban J connectivity index is 1.46. The van der Waals surface area contributed by atoms with E-state index in [1.54, 1.807) is 35.8 Å². The molecular weight excluding hydrogens is 532 g/mol. The van der Waals surface area contributed by atoms with Crippen LogP contribution in [0, 0.1) is 0 Å². The van der Waals surface area contributed by atoms with Gasteiger partial charge in [0.15, 0.2) is 5.60 Å². The van der Waals surface area contributed by atoms with E-state index in [2.05, 4.69) is 0 Å². The number of amides is 1. The van der Waals surface area contributed by atoms with Gasteiger partial charge < -0.3 is 34.5 Å². The van der Waals surface area contributed by atoms with Crippen LogP contribution in [0.1, 0.15) is 49.4 Å². The highest BCUT2D eigenvalue weighted by Gasteiger charge is 2.45. The number of rotatable bonds is 7. The maximum absolute atomic E-state index is 13.5. The van der Waals surface area contributed by atoms with Gasteiger partial charge in [0.2, 0.25) is 0 Å². The molecule has 4 heterocycles. The number of aromatic nitrogens is 2. The monoisotopic (exact) mass is 564 g/mol. The fraction of sp³-hybridized carbons (Fsp3) is 0.414. The molecule has 12 heteroatoms. The Labute approximate surface area is 235 Å². The van der Waals surface area contributed by atoms with Gasteiger partial charge in [0.25, 0.3) is 5.56 Å². The molecule has 2 atom stereocenters. The lowest BCUT2D eigenvalue weighted by Gasteiger charge is -2.31. The van der Waals surface area contributed by atoms with Crippen LogP contribution in [-0.2, 0) is 44.2 Å². The van der Waals surface area contributed by atoms with E-state index in [1.165, 1.54) is 18.9 Å². The van der Waals surface area contributed by atoms with Crippen LogP contribution >= 0.6 is 0 Å². The van der Waals surface area contributed by atoms with Crippen molar-refractivity contribution in [1.29, 1.82) is 0 Å². The number of hydrogen-bond donors (Lipinski definition) is 2. The summed E-state index contributed by atoms with van der Waals surface area (Å²) in [5.41, 5.74) is 7.34. The minimum Gasteiger partial charge on any atom is -0.463 e. The number of aliphatic hydroxyl groups is 1. The van der Waals surface area contributed by atoms with E-state index in [0.717, 1.165) is 16.5 Å². The van der Waals surface area contributed by atoms with Crippen LogP contribution in [0.3, 0.4) is 0 Å². The number of likely N-dealkylation sites (N-methyl/N-ethyl adjacent to an activating group) is 1. The van der Waals surface area contributed by atoms with Gasteiger partial charge in [0.1, 0.15) is 25.0 Å². The van der Waals surface area contributed by atoms with Gasteiger partial charge in [-0.2, -0.15) is 0 Å². The highest BCUT2D eigenvalue weighted by atomic mass is 16.6. The van der Waals surface area contributed by atoms with Crippen LogP contribution in [0.2, 0.25) is 0 Å². The van der Waals surface area contributed by atoms with Crippen molar-refractivity contribution in [2.75, 3.05) is 20.2 Å². The Bertz CT molecular complexity index is 1650. The average molecular weight is 565 g/mol. The lowest BCUT2D eigenvalue weighted by atomic mass is 9.86. The quantitative estimate of drug-likeness (QED) is 0.317. The highest BCUT2D eigenvalue weighted by Crippen LogP contribution is 2.40. The number of nitrogens with zero attached hydrogens (tertiary/aromatic N) is 3. The van der Waals surface area contributed by atoms with Crippen LogP contribution in [0.4, 0.5) is 4.79 Å². The van der Waals surface area contributed by atoms with Crippen LogP contribution in [0.15, 0.2) is 29.1 Å². The molecule has 2 aliphatic heterocycles. The molecule has 1 unspecified atom stereocenters. The smallest absolute Gasteiger partial charge is 0.415 e. The third kappa shape index (κ3) is 4.72. The molecule has 0 spiro atoms. The van der Waals surface area contributed by atoms with Crippen LogP contribution in [-0.4, -0.2) is 63.8 Å². The molecule has 1 amide bonds. The standard InChI is InChI=1S/C29H32N4O8/c1-5-17-18-11-16(41-28(37)32(4)9-10-39-26(35)15(3)30)7-8-22(18)31-24-19(17)13-33-23(24)12-21-20(25(33)34)14-40-27(36)29(21,38)6-2/h7-8,11-12,15,38H,5-6,9-10,13-14,30H2,1-4H3/t15-,29?/m0/s1. The summed E-state index contributed by atoms with van der Waals surface area (Å²) >= 11 is 0. The van der Waals surface area contributed by atoms with E-state index >= 15 is 0 Å². The maximum atomic E-state index is 13.5. The predicted octanol–water partition coefficient (Wildman–Crippen LogP) is 1.96. The molecule has 2 aliphatic rings. The molecule has 3 aromatic rings. The number of pyridine rings is 2. The van der Waals surface area contributed by atoms with Crippen molar-refractivity contribution in [3.05, 3.63) is 56.9 Å². The molecule has 0 fully saturated rings.